The second-order valence-corrected chi connectivity index (χ2v) is 7.03. The van der Waals surface area contributed by atoms with Gasteiger partial charge in [-0.2, -0.15) is 0 Å². The highest BCUT2D eigenvalue weighted by molar-refractivity contribution is 5.66. The van der Waals surface area contributed by atoms with Crippen molar-refractivity contribution in [1.82, 2.24) is 0 Å². The van der Waals surface area contributed by atoms with Gasteiger partial charge in [0, 0.05) is 18.8 Å². The van der Waals surface area contributed by atoms with E-state index in [0.29, 0.717) is 32.1 Å². The van der Waals surface area contributed by atoms with Crippen LogP contribution in [-0.2, 0) is 4.79 Å². The Balaban J connectivity index is 2.47. The number of carbonyl (C=O) groups is 1. The maximum absolute atomic E-state index is 10.4. The van der Waals surface area contributed by atoms with Gasteiger partial charge < -0.3 is 20.4 Å². The third kappa shape index (κ3) is 9.70. The molecule has 1 aliphatic rings. The van der Waals surface area contributed by atoms with Gasteiger partial charge in [-0.3, -0.25) is 4.79 Å². The molecule has 5 heteroatoms. The number of rotatable bonds is 12. The summed E-state index contributed by atoms with van der Waals surface area (Å²) in [6, 6.07) is 0. The van der Waals surface area contributed by atoms with Crippen molar-refractivity contribution in [1.29, 1.82) is 0 Å². The minimum atomic E-state index is -0.797. The highest BCUT2D eigenvalue weighted by Crippen LogP contribution is 2.36. The molecule has 0 aromatic heterocycles. The highest BCUT2D eigenvalue weighted by Gasteiger charge is 2.39. The second-order valence-electron chi connectivity index (χ2n) is 7.03. The van der Waals surface area contributed by atoms with E-state index in [-0.39, 0.29) is 18.3 Å². The summed E-state index contributed by atoms with van der Waals surface area (Å²) < 4.78 is 0. The van der Waals surface area contributed by atoms with Crippen LogP contribution in [0.1, 0.15) is 51.9 Å². The Labute approximate surface area is 162 Å². The van der Waals surface area contributed by atoms with Gasteiger partial charge in [0.15, 0.2) is 0 Å². The number of hydrogen-bond acceptors (Lipinski definition) is 4. The van der Waals surface area contributed by atoms with Crippen molar-refractivity contribution in [3.8, 4) is 0 Å². The molecule has 4 N–H and O–H groups in total. The average molecular weight is 379 g/mol. The summed E-state index contributed by atoms with van der Waals surface area (Å²) in [5.41, 5.74) is 0. The molecule has 0 saturated heterocycles. The van der Waals surface area contributed by atoms with Crippen LogP contribution < -0.4 is 0 Å². The monoisotopic (exact) mass is 378 g/mol. The minimum absolute atomic E-state index is 0.0677. The summed E-state index contributed by atoms with van der Waals surface area (Å²) in [5, 5.41) is 39.0. The van der Waals surface area contributed by atoms with Gasteiger partial charge in [-0.25, -0.2) is 0 Å². The van der Waals surface area contributed by atoms with E-state index in [1.54, 1.807) is 6.08 Å². The maximum Gasteiger partial charge on any atom is 0.303 e. The van der Waals surface area contributed by atoms with Gasteiger partial charge in [0.2, 0.25) is 0 Å². The molecule has 1 rings (SSSR count). The molecule has 1 saturated carbocycles. The lowest BCUT2D eigenvalue weighted by atomic mass is 9.89. The first-order valence-corrected chi connectivity index (χ1v) is 9.85. The number of aliphatic hydroxyl groups is 3. The van der Waals surface area contributed by atoms with E-state index in [9.17, 15) is 20.1 Å². The van der Waals surface area contributed by atoms with Crippen molar-refractivity contribution in [3.63, 3.8) is 0 Å². The molecule has 0 unspecified atom stereocenters. The first-order valence-electron chi connectivity index (χ1n) is 9.85. The predicted molar refractivity (Wildman–Crippen MR) is 107 cm³/mol. The van der Waals surface area contributed by atoms with Crippen molar-refractivity contribution < 1.29 is 25.2 Å². The summed E-state index contributed by atoms with van der Waals surface area (Å²) >= 11 is 0. The Bertz CT molecular complexity index is 535. The second kappa shape index (κ2) is 13.5. The molecular formula is C22H34O5. The third-order valence-corrected chi connectivity index (χ3v) is 4.79. The molecule has 0 spiro atoms. The van der Waals surface area contributed by atoms with Crippen LogP contribution in [0.4, 0.5) is 0 Å². The predicted octanol–water partition coefficient (Wildman–Crippen LogP) is 3.38. The Morgan fingerprint density at radius 3 is 2.52 bits per heavy atom. The minimum Gasteiger partial charge on any atom is -0.481 e. The van der Waals surface area contributed by atoms with Crippen molar-refractivity contribution in [2.75, 3.05) is 0 Å². The Kier molecular flexibility index (Phi) is 11.7. The van der Waals surface area contributed by atoms with E-state index in [0.717, 1.165) is 6.42 Å². The number of carboxylic acid groups (broad SMARTS) is 1. The molecule has 27 heavy (non-hydrogen) atoms. The zero-order valence-electron chi connectivity index (χ0n) is 16.2. The van der Waals surface area contributed by atoms with Crippen LogP contribution in [-0.4, -0.2) is 44.7 Å². The van der Waals surface area contributed by atoms with E-state index < -0.39 is 24.3 Å². The van der Waals surface area contributed by atoms with Crippen LogP contribution in [0.2, 0.25) is 0 Å². The Hall–Kier alpha value is -1.69. The lowest BCUT2D eigenvalue weighted by molar-refractivity contribution is -0.136. The van der Waals surface area contributed by atoms with Crippen LogP contribution in [0.15, 0.2) is 48.6 Å². The summed E-state index contributed by atoms with van der Waals surface area (Å²) in [6.45, 7) is 2.04. The maximum atomic E-state index is 10.4. The summed E-state index contributed by atoms with van der Waals surface area (Å²) in [5.74, 6) is -1.03. The lowest BCUT2D eigenvalue weighted by Gasteiger charge is -2.19. The van der Waals surface area contributed by atoms with E-state index in [2.05, 4.69) is 0 Å². The van der Waals surface area contributed by atoms with Crippen molar-refractivity contribution in [2.24, 2.45) is 11.8 Å². The molecule has 0 aromatic carbocycles. The zero-order chi connectivity index (χ0) is 20.1. The van der Waals surface area contributed by atoms with Gasteiger partial charge in [0.25, 0.3) is 0 Å². The standard InChI is InChI=1S/C22H34O5/c1-2-3-8-11-17(23)14-15-19-18(20(24)16-21(19)25)12-9-6-4-5-7-10-13-22(26)27/h3,5-9,14-15,17-21,23-25H,2,4,10-13,16H2,1H3,(H,26,27)/b7-5-,8-3-,9-6-,15-14+/t17-,18-,19-,20-,21+/m0/s1. The molecule has 0 bridgehead atoms. The topological polar surface area (TPSA) is 98.0 Å². The van der Waals surface area contributed by atoms with Gasteiger partial charge >= 0.3 is 5.97 Å². The van der Waals surface area contributed by atoms with Crippen LogP contribution in [0.5, 0.6) is 0 Å². The van der Waals surface area contributed by atoms with Crippen molar-refractivity contribution >= 4 is 5.97 Å². The molecule has 0 amide bonds. The smallest absolute Gasteiger partial charge is 0.303 e. The molecule has 0 heterocycles. The van der Waals surface area contributed by atoms with Crippen LogP contribution in [0.3, 0.4) is 0 Å². The molecule has 152 valence electrons. The third-order valence-electron chi connectivity index (χ3n) is 4.79. The normalized spacial score (nSPS) is 27.6. The van der Waals surface area contributed by atoms with Gasteiger partial charge in [0.05, 0.1) is 18.3 Å². The van der Waals surface area contributed by atoms with Crippen molar-refractivity contribution in [3.05, 3.63) is 48.6 Å². The van der Waals surface area contributed by atoms with Gasteiger partial charge in [-0.15, -0.1) is 0 Å². The molecule has 5 nitrogen and oxygen atoms in total. The highest BCUT2D eigenvalue weighted by atomic mass is 16.4. The number of allylic oxidation sites excluding steroid dienone is 5. The van der Waals surface area contributed by atoms with E-state index in [1.165, 1.54) is 0 Å². The fourth-order valence-corrected chi connectivity index (χ4v) is 3.29. The van der Waals surface area contributed by atoms with Crippen LogP contribution in [0, 0.1) is 11.8 Å². The van der Waals surface area contributed by atoms with E-state index >= 15 is 0 Å². The lowest BCUT2D eigenvalue weighted by Crippen LogP contribution is -2.20. The Morgan fingerprint density at radius 2 is 1.81 bits per heavy atom. The van der Waals surface area contributed by atoms with Gasteiger partial charge in [-0.1, -0.05) is 55.5 Å². The van der Waals surface area contributed by atoms with Crippen LogP contribution >= 0.6 is 0 Å². The Morgan fingerprint density at radius 1 is 1.07 bits per heavy atom. The number of aliphatic carboxylic acids is 1. The van der Waals surface area contributed by atoms with Crippen molar-refractivity contribution in [2.45, 2.75) is 70.2 Å². The van der Waals surface area contributed by atoms with Gasteiger partial charge in [0.1, 0.15) is 0 Å². The fraction of sp³-hybridized carbons (Fsp3) is 0.591. The van der Waals surface area contributed by atoms with Gasteiger partial charge in [-0.05, 0) is 38.0 Å². The molecule has 0 aliphatic heterocycles. The first kappa shape index (κ1) is 23.3. The molecule has 1 fully saturated rings. The summed E-state index contributed by atoms with van der Waals surface area (Å²) in [7, 11) is 0. The largest absolute Gasteiger partial charge is 0.481 e. The molecule has 5 atom stereocenters. The van der Waals surface area contributed by atoms with Crippen LogP contribution in [0.25, 0.3) is 0 Å². The first-order chi connectivity index (χ1) is 13.0. The summed E-state index contributed by atoms with van der Waals surface area (Å²) in [4.78, 5) is 10.4. The SMILES string of the molecule is CC/C=C\C[C@H](O)/C=C/[C@H]1[C@H](C/C=C\C/C=C\CCC(=O)O)[C@@H](O)C[C@H]1O. The quantitative estimate of drug-likeness (QED) is 0.390. The van der Waals surface area contributed by atoms with E-state index in [1.807, 2.05) is 49.5 Å². The molecule has 0 radical (unpaired) electrons. The fourth-order valence-electron chi connectivity index (χ4n) is 3.29. The molecule has 1 aliphatic carbocycles. The average Bonchev–Trinajstić information content (AvgIpc) is 2.88. The zero-order valence-corrected chi connectivity index (χ0v) is 16.2. The summed E-state index contributed by atoms with van der Waals surface area (Å²) in [6.07, 6.45) is 17.4. The number of hydrogen-bond donors (Lipinski definition) is 4. The molecular weight excluding hydrogens is 344 g/mol. The number of aliphatic hydroxyl groups excluding tert-OH is 3. The van der Waals surface area contributed by atoms with E-state index in [4.69, 9.17) is 5.11 Å². The molecule has 0 aromatic rings. The number of carboxylic acids is 1.